The fourth-order valence-electron chi connectivity index (χ4n) is 1.74. The maximum atomic E-state index is 13.5. The number of benzene rings is 1. The largest absolute Gasteiger partial charge is 0.403 e. The van der Waals surface area contributed by atoms with Crippen LogP contribution in [0.25, 0.3) is 11.5 Å². The summed E-state index contributed by atoms with van der Waals surface area (Å²) in [6.45, 7) is 0. The van der Waals surface area contributed by atoms with Gasteiger partial charge in [-0.15, -0.1) is 16.4 Å². The van der Waals surface area contributed by atoms with Gasteiger partial charge in [0.15, 0.2) is 0 Å². The number of nitrogens with zero attached hydrogens (tertiary/aromatic N) is 2. The number of carbonyl (C=O) groups excluding carboxylic acids is 1. The molecule has 1 amide bonds. The molecule has 5 nitrogen and oxygen atoms in total. The zero-order valence-electron chi connectivity index (χ0n) is 10.9. The molecule has 0 unspecified atom stereocenters. The molecule has 0 atom stereocenters. The molecular weight excluding hydrogens is 371 g/mol. The Bertz CT molecular complexity index is 877. The Morgan fingerprint density at radius 2 is 1.91 bits per heavy atom. The second-order valence-electron chi connectivity index (χ2n) is 4.20. The van der Waals surface area contributed by atoms with Gasteiger partial charge in [-0.25, -0.2) is 8.78 Å². The number of thiophene rings is 1. The number of amides is 1. The predicted octanol–water partition coefficient (Wildman–Crippen LogP) is 4.64. The van der Waals surface area contributed by atoms with Crippen molar-refractivity contribution < 1.29 is 18.0 Å². The van der Waals surface area contributed by atoms with E-state index in [9.17, 15) is 13.6 Å². The van der Waals surface area contributed by atoms with E-state index in [1.54, 1.807) is 0 Å². The predicted molar refractivity (Wildman–Crippen MR) is 81.9 cm³/mol. The number of halogens is 4. The highest BCUT2D eigenvalue weighted by Gasteiger charge is 2.20. The molecule has 3 rings (SSSR count). The lowest BCUT2D eigenvalue weighted by molar-refractivity contribution is 0.101. The van der Waals surface area contributed by atoms with Crippen molar-refractivity contribution >= 4 is 46.5 Å². The summed E-state index contributed by atoms with van der Waals surface area (Å²) < 4.78 is 33.0. The van der Waals surface area contributed by atoms with Gasteiger partial charge in [0.25, 0.3) is 11.8 Å². The summed E-state index contributed by atoms with van der Waals surface area (Å²) in [5.74, 6) is -3.04. The van der Waals surface area contributed by atoms with Gasteiger partial charge in [0, 0.05) is 0 Å². The topological polar surface area (TPSA) is 68.0 Å². The highest BCUT2D eigenvalue weighted by Crippen LogP contribution is 2.37. The molecule has 2 heterocycles. The minimum atomic E-state index is -1.05. The van der Waals surface area contributed by atoms with Crippen LogP contribution in [-0.2, 0) is 0 Å². The maximum Gasteiger partial charge on any atom is 0.322 e. The third-order valence-electron chi connectivity index (χ3n) is 2.72. The summed E-state index contributed by atoms with van der Waals surface area (Å²) in [6, 6.07) is 4.26. The van der Waals surface area contributed by atoms with Gasteiger partial charge in [0.05, 0.1) is 9.90 Å². The lowest BCUT2D eigenvalue weighted by atomic mass is 10.2. The van der Waals surface area contributed by atoms with Crippen LogP contribution in [0.3, 0.4) is 0 Å². The van der Waals surface area contributed by atoms with Crippen molar-refractivity contribution in [2.75, 3.05) is 5.32 Å². The zero-order valence-corrected chi connectivity index (χ0v) is 13.3. The first-order valence-corrected chi connectivity index (χ1v) is 7.57. The standard InChI is InChI=1S/C13H5Cl2F2N3O2S/c14-8-4-5(10(15)23-8)12-19-20-13(22-12)18-11(21)9-6(16)2-1-3-7(9)17/h1-4H,(H,18,20,21). The van der Waals surface area contributed by atoms with Crippen LogP contribution in [0.15, 0.2) is 28.7 Å². The molecule has 0 aliphatic rings. The average Bonchev–Trinajstić information content (AvgIpc) is 3.05. The molecule has 1 N–H and O–H groups in total. The van der Waals surface area contributed by atoms with Crippen LogP contribution >= 0.6 is 34.5 Å². The highest BCUT2D eigenvalue weighted by atomic mass is 35.5. The summed E-state index contributed by atoms with van der Waals surface area (Å²) in [5.41, 5.74) is -0.351. The lowest BCUT2D eigenvalue weighted by Crippen LogP contribution is -2.16. The van der Waals surface area contributed by atoms with Crippen LogP contribution in [0.4, 0.5) is 14.8 Å². The molecule has 0 radical (unpaired) electrons. The maximum absolute atomic E-state index is 13.5. The van der Waals surface area contributed by atoms with Gasteiger partial charge >= 0.3 is 6.01 Å². The van der Waals surface area contributed by atoms with E-state index in [0.29, 0.717) is 14.2 Å². The Balaban J connectivity index is 1.85. The van der Waals surface area contributed by atoms with E-state index < -0.39 is 23.1 Å². The van der Waals surface area contributed by atoms with Gasteiger partial charge in [0.2, 0.25) is 0 Å². The Morgan fingerprint density at radius 1 is 1.22 bits per heavy atom. The third kappa shape index (κ3) is 3.19. The minimum absolute atomic E-state index is 0.0162. The Labute approximate surface area is 141 Å². The first-order chi connectivity index (χ1) is 11.0. The van der Waals surface area contributed by atoms with Crippen molar-refractivity contribution in [1.29, 1.82) is 0 Å². The quantitative estimate of drug-likeness (QED) is 0.724. The summed E-state index contributed by atoms with van der Waals surface area (Å²) in [7, 11) is 0. The molecule has 1 aromatic carbocycles. The molecule has 0 bridgehead atoms. The number of hydrogen-bond acceptors (Lipinski definition) is 5. The molecule has 10 heteroatoms. The van der Waals surface area contributed by atoms with E-state index in [1.165, 1.54) is 6.07 Å². The fourth-order valence-corrected chi connectivity index (χ4v) is 3.19. The van der Waals surface area contributed by atoms with Gasteiger partial charge in [-0.3, -0.25) is 10.1 Å². The van der Waals surface area contributed by atoms with Crippen LogP contribution in [0, 0.1) is 11.6 Å². The van der Waals surface area contributed by atoms with Crippen LogP contribution in [-0.4, -0.2) is 16.1 Å². The number of nitrogens with one attached hydrogen (secondary N) is 1. The summed E-state index contributed by atoms with van der Waals surface area (Å²) >= 11 is 12.9. The third-order valence-corrected chi connectivity index (χ3v) is 4.21. The van der Waals surface area contributed by atoms with Crippen LogP contribution in [0.5, 0.6) is 0 Å². The van der Waals surface area contributed by atoms with E-state index in [-0.39, 0.29) is 11.9 Å². The van der Waals surface area contributed by atoms with Crippen LogP contribution in [0.2, 0.25) is 8.67 Å². The van der Waals surface area contributed by atoms with E-state index >= 15 is 0 Å². The Morgan fingerprint density at radius 3 is 2.52 bits per heavy atom. The van der Waals surface area contributed by atoms with E-state index in [0.717, 1.165) is 29.5 Å². The Kier molecular flexibility index (Phi) is 4.29. The summed E-state index contributed by atoms with van der Waals surface area (Å²) in [6.07, 6.45) is 0. The minimum Gasteiger partial charge on any atom is -0.403 e. The number of carbonyl (C=O) groups is 1. The molecule has 0 aliphatic heterocycles. The second kappa shape index (κ2) is 6.23. The SMILES string of the molecule is O=C(Nc1nnc(-c2cc(Cl)sc2Cl)o1)c1c(F)cccc1F. The van der Waals surface area contributed by atoms with Crippen LogP contribution < -0.4 is 5.32 Å². The molecule has 0 aliphatic carbocycles. The van der Waals surface area contributed by atoms with E-state index in [1.807, 2.05) is 0 Å². The molecule has 0 fully saturated rings. The lowest BCUT2D eigenvalue weighted by Gasteiger charge is -2.03. The molecule has 2 aromatic heterocycles. The van der Waals surface area contributed by atoms with Crippen molar-refractivity contribution in [2.45, 2.75) is 0 Å². The summed E-state index contributed by atoms with van der Waals surface area (Å²) in [4.78, 5) is 11.9. The normalized spacial score (nSPS) is 10.8. The number of aromatic nitrogens is 2. The van der Waals surface area contributed by atoms with E-state index in [4.69, 9.17) is 27.6 Å². The molecule has 0 saturated carbocycles. The number of anilines is 1. The van der Waals surface area contributed by atoms with Crippen molar-refractivity contribution in [2.24, 2.45) is 0 Å². The molecule has 3 aromatic rings. The van der Waals surface area contributed by atoms with Gasteiger partial charge < -0.3 is 4.42 Å². The molecule has 118 valence electrons. The monoisotopic (exact) mass is 375 g/mol. The van der Waals surface area contributed by atoms with Crippen molar-refractivity contribution in [3.05, 3.63) is 50.1 Å². The molecular formula is C13H5Cl2F2N3O2S. The molecule has 0 spiro atoms. The smallest absolute Gasteiger partial charge is 0.322 e. The van der Waals surface area contributed by atoms with E-state index in [2.05, 4.69) is 15.5 Å². The van der Waals surface area contributed by atoms with Gasteiger partial charge in [-0.1, -0.05) is 34.4 Å². The summed E-state index contributed by atoms with van der Waals surface area (Å²) in [5, 5.41) is 9.40. The Hall–Kier alpha value is -2.03. The second-order valence-corrected chi connectivity index (χ2v) is 6.49. The van der Waals surface area contributed by atoms with Gasteiger partial charge in [-0.2, -0.15) is 0 Å². The molecule has 23 heavy (non-hydrogen) atoms. The number of rotatable bonds is 3. The fraction of sp³-hybridized carbons (Fsp3) is 0. The first kappa shape index (κ1) is 15.9. The highest BCUT2D eigenvalue weighted by molar-refractivity contribution is 7.20. The van der Waals surface area contributed by atoms with Crippen molar-refractivity contribution in [3.63, 3.8) is 0 Å². The van der Waals surface area contributed by atoms with Crippen molar-refractivity contribution in [3.8, 4) is 11.5 Å². The van der Waals surface area contributed by atoms with Gasteiger partial charge in [0.1, 0.15) is 21.5 Å². The zero-order chi connectivity index (χ0) is 16.6. The van der Waals surface area contributed by atoms with Crippen LogP contribution in [0.1, 0.15) is 10.4 Å². The average molecular weight is 376 g/mol. The molecule has 0 saturated heterocycles. The number of hydrogen-bond donors (Lipinski definition) is 1. The van der Waals surface area contributed by atoms with Gasteiger partial charge in [-0.05, 0) is 18.2 Å². The first-order valence-electron chi connectivity index (χ1n) is 6.00. The van der Waals surface area contributed by atoms with Crippen molar-refractivity contribution in [1.82, 2.24) is 10.2 Å².